The van der Waals surface area contributed by atoms with Crippen molar-refractivity contribution < 1.29 is 4.74 Å². The molecule has 0 saturated carbocycles. The zero-order valence-corrected chi connectivity index (χ0v) is 13.2. The zero-order chi connectivity index (χ0) is 14.4. The van der Waals surface area contributed by atoms with E-state index in [1.54, 1.807) is 7.11 Å². The van der Waals surface area contributed by atoms with Gasteiger partial charge in [-0.25, -0.2) is 0 Å². The highest BCUT2D eigenvalue weighted by Crippen LogP contribution is 2.25. The number of ether oxygens (including phenoxy) is 1. The normalized spacial score (nSPS) is 16.6. The van der Waals surface area contributed by atoms with Gasteiger partial charge in [0.05, 0.1) is 12.1 Å². The smallest absolute Gasteiger partial charge is 0.137 e. The Morgan fingerprint density at radius 2 is 2.10 bits per heavy atom. The van der Waals surface area contributed by atoms with E-state index >= 15 is 0 Å². The Bertz CT molecular complexity index is 419. The van der Waals surface area contributed by atoms with Crippen LogP contribution in [0.5, 0.6) is 5.75 Å². The summed E-state index contributed by atoms with van der Waals surface area (Å²) in [5.74, 6) is 1.57. The van der Waals surface area contributed by atoms with Crippen molar-refractivity contribution in [2.75, 3.05) is 33.3 Å². The Morgan fingerprint density at radius 1 is 1.35 bits per heavy atom. The maximum Gasteiger partial charge on any atom is 0.137 e. The lowest BCUT2D eigenvalue weighted by molar-refractivity contribution is 0.207. The lowest BCUT2D eigenvalue weighted by atomic mass is 9.97. The van der Waals surface area contributed by atoms with Gasteiger partial charge in [-0.05, 0) is 56.1 Å². The molecule has 1 aliphatic rings. The van der Waals surface area contributed by atoms with Crippen LogP contribution in [0.15, 0.2) is 18.2 Å². The summed E-state index contributed by atoms with van der Waals surface area (Å²) in [4.78, 5) is 2.51. The van der Waals surface area contributed by atoms with E-state index in [9.17, 15) is 0 Å². The van der Waals surface area contributed by atoms with Gasteiger partial charge >= 0.3 is 0 Å². The zero-order valence-electron chi connectivity index (χ0n) is 12.5. The van der Waals surface area contributed by atoms with E-state index in [1.807, 2.05) is 12.1 Å². The molecule has 1 aromatic rings. The molecule has 0 bridgehead atoms. The standard InChI is InChI=1S/C16H25ClN2O/c1-3-19(11-13-6-8-18-9-7-13)12-14-4-5-16(20-2)15(17)10-14/h4-5,10,13,18H,3,6-9,11-12H2,1-2H3. The maximum absolute atomic E-state index is 6.20. The third-order valence-corrected chi connectivity index (χ3v) is 4.34. The van der Waals surface area contributed by atoms with Crippen LogP contribution in [0.25, 0.3) is 0 Å². The van der Waals surface area contributed by atoms with E-state index in [-0.39, 0.29) is 0 Å². The predicted molar refractivity (Wildman–Crippen MR) is 84.5 cm³/mol. The number of halogens is 1. The first-order chi connectivity index (χ1) is 9.72. The molecule has 2 rings (SSSR count). The van der Waals surface area contributed by atoms with E-state index in [4.69, 9.17) is 16.3 Å². The van der Waals surface area contributed by atoms with Crippen molar-refractivity contribution in [1.29, 1.82) is 0 Å². The van der Waals surface area contributed by atoms with Crippen LogP contribution < -0.4 is 10.1 Å². The molecule has 0 spiro atoms. The fourth-order valence-electron chi connectivity index (χ4n) is 2.80. The highest BCUT2D eigenvalue weighted by atomic mass is 35.5. The first kappa shape index (κ1) is 15.6. The van der Waals surface area contributed by atoms with Gasteiger partial charge in [0.1, 0.15) is 5.75 Å². The fraction of sp³-hybridized carbons (Fsp3) is 0.625. The van der Waals surface area contributed by atoms with Gasteiger partial charge in [0, 0.05) is 13.1 Å². The monoisotopic (exact) mass is 296 g/mol. The van der Waals surface area contributed by atoms with Crippen LogP contribution in [0.3, 0.4) is 0 Å². The molecule has 1 fully saturated rings. The van der Waals surface area contributed by atoms with Crippen LogP contribution in [-0.4, -0.2) is 38.2 Å². The minimum Gasteiger partial charge on any atom is -0.495 e. The van der Waals surface area contributed by atoms with E-state index < -0.39 is 0 Å². The fourth-order valence-corrected chi connectivity index (χ4v) is 3.08. The average Bonchev–Trinajstić information content (AvgIpc) is 2.48. The number of nitrogens with one attached hydrogen (secondary N) is 1. The van der Waals surface area contributed by atoms with Crippen molar-refractivity contribution in [3.8, 4) is 5.75 Å². The molecule has 1 heterocycles. The molecular weight excluding hydrogens is 272 g/mol. The third-order valence-electron chi connectivity index (χ3n) is 4.04. The lowest BCUT2D eigenvalue weighted by Gasteiger charge is -2.29. The Kier molecular flexibility index (Phi) is 6.14. The summed E-state index contributed by atoms with van der Waals surface area (Å²) in [5.41, 5.74) is 1.26. The second-order valence-corrected chi connectivity index (χ2v) is 5.90. The summed E-state index contributed by atoms with van der Waals surface area (Å²) >= 11 is 6.20. The first-order valence-electron chi connectivity index (χ1n) is 7.48. The molecular formula is C16H25ClN2O. The second-order valence-electron chi connectivity index (χ2n) is 5.49. The van der Waals surface area contributed by atoms with Crippen LogP contribution in [0.2, 0.25) is 5.02 Å². The highest BCUT2D eigenvalue weighted by Gasteiger charge is 2.16. The van der Waals surface area contributed by atoms with Crippen molar-refractivity contribution in [2.24, 2.45) is 5.92 Å². The van der Waals surface area contributed by atoms with Gasteiger partial charge in [-0.1, -0.05) is 24.6 Å². The molecule has 0 unspecified atom stereocenters. The molecule has 1 N–H and O–H groups in total. The SMILES string of the molecule is CCN(Cc1ccc(OC)c(Cl)c1)CC1CCNCC1. The summed E-state index contributed by atoms with van der Waals surface area (Å²) in [7, 11) is 1.65. The van der Waals surface area contributed by atoms with E-state index in [1.165, 1.54) is 24.9 Å². The van der Waals surface area contributed by atoms with E-state index in [2.05, 4.69) is 23.2 Å². The Morgan fingerprint density at radius 3 is 2.70 bits per heavy atom. The van der Waals surface area contributed by atoms with Crippen molar-refractivity contribution in [1.82, 2.24) is 10.2 Å². The van der Waals surface area contributed by atoms with Crippen molar-refractivity contribution in [3.05, 3.63) is 28.8 Å². The summed E-state index contributed by atoms with van der Waals surface area (Å²) < 4.78 is 5.20. The molecule has 0 amide bonds. The molecule has 0 aromatic heterocycles. The van der Waals surface area contributed by atoms with Gasteiger partial charge in [-0.15, -0.1) is 0 Å². The number of nitrogens with zero attached hydrogens (tertiary/aromatic N) is 1. The van der Waals surface area contributed by atoms with Gasteiger partial charge in [0.25, 0.3) is 0 Å². The number of hydrogen-bond donors (Lipinski definition) is 1. The quantitative estimate of drug-likeness (QED) is 0.873. The molecule has 4 heteroatoms. The molecule has 1 aliphatic heterocycles. The lowest BCUT2D eigenvalue weighted by Crippen LogP contribution is -2.35. The molecule has 1 saturated heterocycles. The summed E-state index contributed by atoms with van der Waals surface area (Å²) in [6, 6.07) is 6.08. The Balaban J connectivity index is 1.93. The molecule has 20 heavy (non-hydrogen) atoms. The molecule has 0 atom stereocenters. The summed E-state index contributed by atoms with van der Waals surface area (Å²) in [5, 5.41) is 4.12. The second kappa shape index (κ2) is 7.87. The van der Waals surface area contributed by atoms with E-state index in [0.717, 1.165) is 37.8 Å². The Hall–Kier alpha value is -0.770. The van der Waals surface area contributed by atoms with Crippen LogP contribution in [0.4, 0.5) is 0 Å². The van der Waals surface area contributed by atoms with Gasteiger partial charge in [0.15, 0.2) is 0 Å². The minimum atomic E-state index is 0.697. The molecule has 1 aromatic carbocycles. The van der Waals surface area contributed by atoms with Crippen LogP contribution in [0, 0.1) is 5.92 Å². The number of rotatable bonds is 6. The number of piperidine rings is 1. The molecule has 0 radical (unpaired) electrons. The molecule has 3 nitrogen and oxygen atoms in total. The summed E-state index contributed by atoms with van der Waals surface area (Å²) in [6.07, 6.45) is 2.58. The van der Waals surface area contributed by atoms with Crippen LogP contribution in [-0.2, 0) is 6.54 Å². The van der Waals surface area contributed by atoms with Crippen molar-refractivity contribution in [3.63, 3.8) is 0 Å². The summed E-state index contributed by atoms with van der Waals surface area (Å²) in [6.45, 7) is 7.78. The molecule has 0 aliphatic carbocycles. The van der Waals surface area contributed by atoms with Crippen molar-refractivity contribution >= 4 is 11.6 Å². The van der Waals surface area contributed by atoms with Crippen LogP contribution in [0.1, 0.15) is 25.3 Å². The van der Waals surface area contributed by atoms with Crippen LogP contribution >= 0.6 is 11.6 Å². The number of methoxy groups -OCH3 is 1. The van der Waals surface area contributed by atoms with Gasteiger partial charge in [-0.3, -0.25) is 4.90 Å². The van der Waals surface area contributed by atoms with Gasteiger partial charge < -0.3 is 10.1 Å². The largest absolute Gasteiger partial charge is 0.495 e. The highest BCUT2D eigenvalue weighted by molar-refractivity contribution is 6.32. The number of hydrogen-bond acceptors (Lipinski definition) is 3. The average molecular weight is 297 g/mol. The minimum absolute atomic E-state index is 0.697. The van der Waals surface area contributed by atoms with Gasteiger partial charge in [0.2, 0.25) is 0 Å². The van der Waals surface area contributed by atoms with Gasteiger partial charge in [-0.2, -0.15) is 0 Å². The first-order valence-corrected chi connectivity index (χ1v) is 7.86. The topological polar surface area (TPSA) is 24.5 Å². The Labute approximate surface area is 127 Å². The molecule has 112 valence electrons. The predicted octanol–water partition coefficient (Wildman–Crippen LogP) is 3.17. The number of benzene rings is 1. The van der Waals surface area contributed by atoms with Crippen molar-refractivity contribution in [2.45, 2.75) is 26.3 Å². The third kappa shape index (κ3) is 4.37. The van der Waals surface area contributed by atoms with E-state index in [0.29, 0.717) is 5.02 Å². The maximum atomic E-state index is 6.20.